The fourth-order valence-corrected chi connectivity index (χ4v) is 3.60. The number of benzene rings is 1. The van der Waals surface area contributed by atoms with Gasteiger partial charge in [0, 0.05) is 23.5 Å². The van der Waals surface area contributed by atoms with Crippen molar-refractivity contribution in [2.75, 3.05) is 5.32 Å². The Balaban J connectivity index is 1.96. The van der Waals surface area contributed by atoms with Gasteiger partial charge in [0.05, 0.1) is 11.4 Å². The highest BCUT2D eigenvalue weighted by molar-refractivity contribution is 7.98. The van der Waals surface area contributed by atoms with Gasteiger partial charge < -0.3 is 5.32 Å². The van der Waals surface area contributed by atoms with Gasteiger partial charge in [-0.05, 0) is 25.0 Å². The molecule has 5 heteroatoms. The van der Waals surface area contributed by atoms with Gasteiger partial charge in [-0.3, -0.25) is 4.79 Å². The van der Waals surface area contributed by atoms with Crippen molar-refractivity contribution in [3.8, 4) is 5.69 Å². The molecule has 3 rings (SSSR count). The van der Waals surface area contributed by atoms with Crippen LogP contribution in [0.2, 0.25) is 0 Å². The highest BCUT2D eigenvalue weighted by Gasteiger charge is 2.24. The normalized spacial score (nSPS) is 13.5. The maximum atomic E-state index is 12.2. The van der Waals surface area contributed by atoms with Crippen LogP contribution in [-0.4, -0.2) is 15.7 Å². The summed E-state index contributed by atoms with van der Waals surface area (Å²) in [5.74, 6) is 3.08. The monoisotopic (exact) mass is 315 g/mol. The second-order valence-electron chi connectivity index (χ2n) is 6.16. The lowest BCUT2D eigenvalue weighted by molar-refractivity contribution is -0.116. The highest BCUT2D eigenvalue weighted by Crippen LogP contribution is 2.36. The molecular weight excluding hydrogens is 294 g/mol. The van der Waals surface area contributed by atoms with Gasteiger partial charge in [-0.1, -0.05) is 31.5 Å². The van der Waals surface area contributed by atoms with Crippen LogP contribution in [0.25, 0.3) is 5.69 Å². The topological polar surface area (TPSA) is 46.9 Å². The maximum absolute atomic E-state index is 12.2. The number of carbonyl (C=O) groups is 1. The number of hydrogen-bond acceptors (Lipinski definition) is 3. The number of nitrogens with zero attached hydrogens (tertiary/aromatic N) is 2. The molecule has 0 spiro atoms. The number of anilines is 1. The molecule has 1 aliphatic rings. The lowest BCUT2D eigenvalue weighted by atomic mass is 10.1. The molecule has 0 bridgehead atoms. The highest BCUT2D eigenvalue weighted by atomic mass is 32.2. The number of thioether (sulfide) groups is 1. The number of carbonyl (C=O) groups excluding carboxylic acids is 1. The largest absolute Gasteiger partial charge is 0.310 e. The van der Waals surface area contributed by atoms with Crippen molar-refractivity contribution in [3.63, 3.8) is 0 Å². The fourth-order valence-electron chi connectivity index (χ4n) is 2.57. The van der Waals surface area contributed by atoms with Crippen LogP contribution in [-0.2, 0) is 16.3 Å². The van der Waals surface area contributed by atoms with Gasteiger partial charge in [-0.25, -0.2) is 4.68 Å². The van der Waals surface area contributed by atoms with Crippen LogP contribution >= 0.6 is 11.8 Å². The fraction of sp³-hybridized carbons (Fsp3) is 0.412. The van der Waals surface area contributed by atoms with Crippen LogP contribution in [0, 0.1) is 12.8 Å². The maximum Gasteiger partial charge on any atom is 0.225 e. The van der Waals surface area contributed by atoms with E-state index in [1.165, 1.54) is 11.1 Å². The van der Waals surface area contributed by atoms with Crippen molar-refractivity contribution in [2.45, 2.75) is 38.7 Å². The molecule has 116 valence electrons. The van der Waals surface area contributed by atoms with Gasteiger partial charge in [0.1, 0.15) is 5.82 Å². The van der Waals surface area contributed by atoms with Crippen molar-refractivity contribution in [1.29, 1.82) is 0 Å². The number of hydrogen-bond donors (Lipinski definition) is 1. The quantitative estimate of drug-likeness (QED) is 0.930. The van der Waals surface area contributed by atoms with Crippen molar-refractivity contribution in [2.24, 2.45) is 5.92 Å². The summed E-state index contributed by atoms with van der Waals surface area (Å²) in [4.78, 5) is 12.2. The van der Waals surface area contributed by atoms with Crippen molar-refractivity contribution >= 4 is 23.5 Å². The average Bonchev–Trinajstić information content (AvgIpc) is 3.02. The number of aryl methyl sites for hydroxylation is 1. The average molecular weight is 315 g/mol. The molecule has 2 aromatic rings. The Kier molecular flexibility index (Phi) is 4.25. The van der Waals surface area contributed by atoms with Crippen LogP contribution in [0.1, 0.15) is 37.1 Å². The summed E-state index contributed by atoms with van der Waals surface area (Å²) >= 11 is 1.84. The molecule has 0 unspecified atom stereocenters. The van der Waals surface area contributed by atoms with Crippen LogP contribution in [0.15, 0.2) is 24.3 Å². The molecule has 0 radical (unpaired) electrons. The van der Waals surface area contributed by atoms with Crippen molar-refractivity contribution in [1.82, 2.24) is 9.78 Å². The molecule has 22 heavy (non-hydrogen) atoms. The van der Waals surface area contributed by atoms with E-state index >= 15 is 0 Å². The summed E-state index contributed by atoms with van der Waals surface area (Å²) in [6, 6.07) is 8.22. The van der Waals surface area contributed by atoms with Crippen molar-refractivity contribution in [3.05, 3.63) is 41.1 Å². The van der Waals surface area contributed by atoms with Gasteiger partial charge >= 0.3 is 0 Å². The third-order valence-electron chi connectivity index (χ3n) is 3.68. The van der Waals surface area contributed by atoms with E-state index < -0.39 is 0 Å². The molecule has 1 N–H and O–H groups in total. The Hall–Kier alpha value is -1.75. The minimum atomic E-state index is 0.0583. The third kappa shape index (κ3) is 3.04. The first-order valence-electron chi connectivity index (χ1n) is 7.60. The van der Waals surface area contributed by atoms with Gasteiger partial charge in [-0.15, -0.1) is 0 Å². The molecule has 0 aliphatic carbocycles. The van der Waals surface area contributed by atoms with E-state index in [2.05, 4.69) is 38.2 Å². The Morgan fingerprint density at radius 2 is 2.05 bits per heavy atom. The number of amides is 1. The molecule has 4 nitrogen and oxygen atoms in total. The summed E-state index contributed by atoms with van der Waals surface area (Å²) in [6.07, 6.45) is 0.529. The Morgan fingerprint density at radius 1 is 1.32 bits per heavy atom. The van der Waals surface area contributed by atoms with Crippen LogP contribution in [0.3, 0.4) is 0 Å². The number of aromatic nitrogens is 2. The summed E-state index contributed by atoms with van der Waals surface area (Å²) in [7, 11) is 0. The SMILES string of the molecule is Cc1ccc(-n2nc3c(c2NC(=O)CC(C)C)CSC3)cc1. The summed E-state index contributed by atoms with van der Waals surface area (Å²) in [5.41, 5.74) is 4.46. The summed E-state index contributed by atoms with van der Waals surface area (Å²) in [5, 5.41) is 7.79. The third-order valence-corrected chi connectivity index (χ3v) is 4.65. The van der Waals surface area contributed by atoms with Gasteiger partial charge in [0.2, 0.25) is 5.91 Å². The molecule has 1 aromatic carbocycles. The molecule has 0 atom stereocenters. The molecule has 1 aliphatic heterocycles. The zero-order valence-corrected chi connectivity index (χ0v) is 14.0. The zero-order chi connectivity index (χ0) is 15.7. The second-order valence-corrected chi connectivity index (χ2v) is 7.15. The molecule has 0 fully saturated rings. The zero-order valence-electron chi connectivity index (χ0n) is 13.2. The smallest absolute Gasteiger partial charge is 0.225 e. The van der Waals surface area contributed by atoms with Gasteiger partial charge in [0.25, 0.3) is 0 Å². The number of rotatable bonds is 4. The molecule has 0 saturated heterocycles. The van der Waals surface area contributed by atoms with Gasteiger partial charge in [-0.2, -0.15) is 16.9 Å². The minimum absolute atomic E-state index is 0.0583. The van der Waals surface area contributed by atoms with E-state index in [0.717, 1.165) is 28.7 Å². The van der Waals surface area contributed by atoms with E-state index in [1.807, 2.05) is 28.6 Å². The van der Waals surface area contributed by atoms with E-state index in [1.54, 1.807) is 0 Å². The number of nitrogens with one attached hydrogen (secondary N) is 1. The molecule has 2 heterocycles. The molecule has 0 saturated carbocycles. The first-order chi connectivity index (χ1) is 10.5. The Labute approximate surface area is 135 Å². The van der Waals surface area contributed by atoms with Crippen LogP contribution < -0.4 is 5.32 Å². The Morgan fingerprint density at radius 3 is 2.73 bits per heavy atom. The first-order valence-corrected chi connectivity index (χ1v) is 8.75. The van der Waals surface area contributed by atoms with Crippen LogP contribution in [0.5, 0.6) is 0 Å². The number of fused-ring (bicyclic) bond motifs is 1. The van der Waals surface area contributed by atoms with E-state index in [4.69, 9.17) is 5.10 Å². The predicted molar refractivity (Wildman–Crippen MR) is 91.4 cm³/mol. The minimum Gasteiger partial charge on any atom is -0.310 e. The lowest BCUT2D eigenvalue weighted by Crippen LogP contribution is -2.17. The first kappa shape index (κ1) is 15.2. The van der Waals surface area contributed by atoms with E-state index in [0.29, 0.717) is 12.3 Å². The van der Waals surface area contributed by atoms with E-state index in [9.17, 15) is 4.79 Å². The molecule has 1 amide bonds. The standard InChI is InChI=1S/C17H21N3OS/c1-11(2)8-16(21)18-17-14-9-22-10-15(14)19-20(17)13-6-4-12(3)5-7-13/h4-7,11H,8-10H2,1-3H3,(H,18,21). The Bertz CT molecular complexity index is 689. The van der Waals surface area contributed by atoms with Gasteiger partial charge in [0.15, 0.2) is 0 Å². The summed E-state index contributed by atoms with van der Waals surface area (Å²) < 4.78 is 1.88. The van der Waals surface area contributed by atoms with Crippen LogP contribution in [0.4, 0.5) is 5.82 Å². The second kappa shape index (κ2) is 6.16. The molecular formula is C17H21N3OS. The predicted octanol–water partition coefficient (Wildman–Crippen LogP) is 3.91. The summed E-state index contributed by atoms with van der Waals surface area (Å²) in [6.45, 7) is 6.17. The lowest BCUT2D eigenvalue weighted by Gasteiger charge is -2.12. The van der Waals surface area contributed by atoms with E-state index in [-0.39, 0.29) is 5.91 Å². The molecule has 1 aromatic heterocycles. The van der Waals surface area contributed by atoms with Crippen molar-refractivity contribution < 1.29 is 4.79 Å².